The Morgan fingerprint density at radius 1 is 1.37 bits per heavy atom. The molecule has 0 heterocycles. The van der Waals surface area contributed by atoms with Crippen molar-refractivity contribution in [1.29, 1.82) is 0 Å². The summed E-state index contributed by atoms with van der Waals surface area (Å²) in [5.41, 5.74) is 8.11. The highest BCUT2D eigenvalue weighted by atomic mass is 32.2. The van der Waals surface area contributed by atoms with Crippen molar-refractivity contribution in [3.8, 4) is 0 Å². The number of benzene rings is 1. The highest BCUT2D eigenvalue weighted by Crippen LogP contribution is 2.24. The summed E-state index contributed by atoms with van der Waals surface area (Å²) in [6.45, 7) is 5.86. The van der Waals surface area contributed by atoms with Gasteiger partial charge in [-0.2, -0.15) is 4.31 Å². The minimum absolute atomic E-state index is 0.221. The van der Waals surface area contributed by atoms with E-state index >= 15 is 0 Å². The van der Waals surface area contributed by atoms with Crippen LogP contribution < -0.4 is 5.73 Å². The lowest BCUT2D eigenvalue weighted by atomic mass is 10.1. The highest BCUT2D eigenvalue weighted by Gasteiger charge is 2.26. The van der Waals surface area contributed by atoms with Gasteiger partial charge in [0.05, 0.1) is 11.5 Å². The number of hydrogen-bond donors (Lipinski definition) is 1. The Bertz CT molecular complexity index is 532. The van der Waals surface area contributed by atoms with Gasteiger partial charge < -0.3 is 10.5 Å². The third-order valence-electron chi connectivity index (χ3n) is 3.39. The van der Waals surface area contributed by atoms with E-state index in [0.29, 0.717) is 12.3 Å². The molecule has 0 saturated carbocycles. The van der Waals surface area contributed by atoms with Crippen LogP contribution in [0.3, 0.4) is 0 Å². The molecule has 0 spiro atoms. The summed E-state index contributed by atoms with van der Waals surface area (Å²) in [5.74, 6) is 0. The first-order valence-corrected chi connectivity index (χ1v) is 7.49. The fourth-order valence-electron chi connectivity index (χ4n) is 1.75. The first-order chi connectivity index (χ1) is 8.71. The fraction of sp³-hybridized carbons (Fsp3) is 0.538. The molecule has 0 radical (unpaired) electrons. The van der Waals surface area contributed by atoms with Crippen molar-refractivity contribution in [3.05, 3.63) is 23.3 Å². The van der Waals surface area contributed by atoms with Crippen LogP contribution in [-0.2, 0) is 14.8 Å². The molecule has 0 saturated heterocycles. The third kappa shape index (κ3) is 3.26. The standard InChI is InChI=1S/C13H22N2O3S/c1-9-6-12(7-13(14)11(9)3)19(16,17)15(4)10(2)8-18-5/h6-7,10H,8,14H2,1-5H3. The number of hydrogen-bond acceptors (Lipinski definition) is 4. The van der Waals surface area contributed by atoms with Crippen molar-refractivity contribution < 1.29 is 13.2 Å². The van der Waals surface area contributed by atoms with Gasteiger partial charge in [0.25, 0.3) is 0 Å². The monoisotopic (exact) mass is 286 g/mol. The number of methoxy groups -OCH3 is 1. The SMILES string of the molecule is COCC(C)N(C)S(=O)(=O)c1cc(C)c(C)c(N)c1. The number of sulfonamides is 1. The number of ether oxygens (including phenoxy) is 1. The van der Waals surface area contributed by atoms with Crippen molar-refractivity contribution in [3.63, 3.8) is 0 Å². The van der Waals surface area contributed by atoms with Gasteiger partial charge in [-0.3, -0.25) is 0 Å². The molecule has 0 aliphatic carbocycles. The van der Waals surface area contributed by atoms with E-state index in [1.165, 1.54) is 10.4 Å². The quantitative estimate of drug-likeness (QED) is 0.833. The van der Waals surface area contributed by atoms with Gasteiger partial charge in [0, 0.05) is 25.9 Å². The normalized spacial score (nSPS) is 13.8. The fourth-order valence-corrected chi connectivity index (χ4v) is 3.22. The van der Waals surface area contributed by atoms with Gasteiger partial charge in [-0.15, -0.1) is 0 Å². The van der Waals surface area contributed by atoms with Crippen molar-refractivity contribution in [2.24, 2.45) is 0 Å². The zero-order chi connectivity index (χ0) is 14.8. The Morgan fingerprint density at radius 3 is 2.42 bits per heavy atom. The van der Waals surface area contributed by atoms with Crippen LogP contribution in [0.1, 0.15) is 18.1 Å². The van der Waals surface area contributed by atoms with Crippen LogP contribution in [-0.4, -0.2) is 39.5 Å². The molecule has 0 amide bonds. The van der Waals surface area contributed by atoms with Crippen LogP contribution in [0.15, 0.2) is 17.0 Å². The second-order valence-electron chi connectivity index (χ2n) is 4.78. The van der Waals surface area contributed by atoms with Gasteiger partial charge in [0.1, 0.15) is 0 Å². The predicted molar refractivity (Wildman–Crippen MR) is 76.6 cm³/mol. The number of anilines is 1. The number of rotatable bonds is 5. The summed E-state index contributed by atoms with van der Waals surface area (Å²) in [6.07, 6.45) is 0. The highest BCUT2D eigenvalue weighted by molar-refractivity contribution is 7.89. The number of nitrogens with zero attached hydrogens (tertiary/aromatic N) is 1. The summed E-state index contributed by atoms with van der Waals surface area (Å²) < 4.78 is 31.3. The van der Waals surface area contributed by atoms with Crippen LogP contribution >= 0.6 is 0 Å². The van der Waals surface area contributed by atoms with Crippen LogP contribution in [0.4, 0.5) is 5.69 Å². The Balaban J connectivity index is 3.21. The molecule has 1 atom stereocenters. The first-order valence-electron chi connectivity index (χ1n) is 6.05. The zero-order valence-electron chi connectivity index (χ0n) is 12.1. The van der Waals surface area contributed by atoms with E-state index in [1.807, 2.05) is 13.8 Å². The van der Waals surface area contributed by atoms with Crippen molar-refractivity contribution in [2.45, 2.75) is 31.7 Å². The number of nitrogen functional groups attached to an aromatic ring is 1. The van der Waals surface area contributed by atoms with E-state index in [-0.39, 0.29) is 10.9 Å². The average molecular weight is 286 g/mol. The predicted octanol–water partition coefficient (Wildman–Crippen LogP) is 1.54. The maximum Gasteiger partial charge on any atom is 0.243 e. The number of nitrogens with two attached hydrogens (primary N) is 1. The van der Waals surface area contributed by atoms with Gasteiger partial charge in [0.15, 0.2) is 0 Å². The minimum atomic E-state index is -3.55. The van der Waals surface area contributed by atoms with Gasteiger partial charge in [-0.1, -0.05) is 0 Å². The molecular formula is C13H22N2O3S. The second-order valence-corrected chi connectivity index (χ2v) is 6.78. The summed E-state index contributed by atoms with van der Waals surface area (Å²) in [4.78, 5) is 0.221. The smallest absolute Gasteiger partial charge is 0.243 e. The molecule has 0 aliphatic rings. The molecule has 108 valence electrons. The lowest BCUT2D eigenvalue weighted by Crippen LogP contribution is -2.37. The maximum absolute atomic E-state index is 12.5. The summed E-state index contributed by atoms with van der Waals surface area (Å²) >= 11 is 0. The molecule has 0 fully saturated rings. The lowest BCUT2D eigenvalue weighted by molar-refractivity contribution is 0.149. The molecule has 1 aromatic rings. The molecular weight excluding hydrogens is 264 g/mol. The molecule has 5 nitrogen and oxygen atoms in total. The Morgan fingerprint density at radius 2 is 1.95 bits per heavy atom. The van der Waals surface area contributed by atoms with Crippen molar-refractivity contribution >= 4 is 15.7 Å². The Kier molecular flexibility index (Phi) is 4.95. The van der Waals surface area contributed by atoms with E-state index in [2.05, 4.69) is 0 Å². The maximum atomic E-state index is 12.5. The molecule has 1 rings (SSSR count). The molecule has 0 bridgehead atoms. The molecule has 0 aromatic heterocycles. The lowest BCUT2D eigenvalue weighted by Gasteiger charge is -2.24. The average Bonchev–Trinajstić information content (AvgIpc) is 2.34. The molecule has 6 heteroatoms. The molecule has 0 aliphatic heterocycles. The first kappa shape index (κ1) is 15.9. The van der Waals surface area contributed by atoms with Crippen LogP contribution in [0.2, 0.25) is 0 Å². The van der Waals surface area contributed by atoms with Crippen molar-refractivity contribution in [1.82, 2.24) is 4.31 Å². The second kappa shape index (κ2) is 5.90. The van der Waals surface area contributed by atoms with E-state index in [1.54, 1.807) is 27.1 Å². The Labute approximate surface area is 115 Å². The van der Waals surface area contributed by atoms with E-state index < -0.39 is 10.0 Å². The van der Waals surface area contributed by atoms with Crippen LogP contribution in [0, 0.1) is 13.8 Å². The molecule has 1 unspecified atom stereocenters. The number of aryl methyl sites for hydroxylation is 1. The zero-order valence-corrected chi connectivity index (χ0v) is 12.9. The van der Waals surface area contributed by atoms with Crippen LogP contribution in [0.5, 0.6) is 0 Å². The minimum Gasteiger partial charge on any atom is -0.398 e. The summed E-state index contributed by atoms with van der Waals surface area (Å²) in [5, 5.41) is 0. The molecule has 19 heavy (non-hydrogen) atoms. The van der Waals surface area contributed by atoms with Crippen molar-refractivity contribution in [2.75, 3.05) is 26.5 Å². The van der Waals surface area contributed by atoms with Gasteiger partial charge in [-0.25, -0.2) is 8.42 Å². The molecule has 2 N–H and O–H groups in total. The van der Waals surface area contributed by atoms with E-state index in [9.17, 15) is 8.42 Å². The summed E-state index contributed by atoms with van der Waals surface area (Å²) in [6, 6.07) is 2.92. The number of likely N-dealkylation sites (N-methyl/N-ethyl adjacent to an activating group) is 1. The third-order valence-corrected chi connectivity index (χ3v) is 5.34. The summed E-state index contributed by atoms with van der Waals surface area (Å²) in [7, 11) is -0.456. The Hall–Kier alpha value is -1.11. The van der Waals surface area contributed by atoms with Gasteiger partial charge in [-0.05, 0) is 44.0 Å². The molecule has 1 aromatic carbocycles. The van der Waals surface area contributed by atoms with E-state index in [4.69, 9.17) is 10.5 Å². The van der Waals surface area contributed by atoms with Gasteiger partial charge in [0.2, 0.25) is 10.0 Å². The van der Waals surface area contributed by atoms with Gasteiger partial charge >= 0.3 is 0 Å². The topological polar surface area (TPSA) is 72.6 Å². The van der Waals surface area contributed by atoms with Crippen LogP contribution in [0.25, 0.3) is 0 Å². The van der Waals surface area contributed by atoms with E-state index in [0.717, 1.165) is 11.1 Å². The largest absolute Gasteiger partial charge is 0.398 e.